The van der Waals surface area contributed by atoms with Gasteiger partial charge < -0.3 is 5.32 Å². The molecule has 0 atom stereocenters. The molecule has 1 aromatic carbocycles. The lowest BCUT2D eigenvalue weighted by Gasteiger charge is -2.19. The van der Waals surface area contributed by atoms with Crippen molar-refractivity contribution in [1.29, 1.82) is 0 Å². The highest BCUT2D eigenvalue weighted by Gasteiger charge is 2.20. The second-order valence-corrected chi connectivity index (χ2v) is 3.91. The van der Waals surface area contributed by atoms with Gasteiger partial charge in [-0.05, 0) is 18.2 Å². The number of hydrogen-bond acceptors (Lipinski definition) is 4. The maximum atomic E-state index is 11.7. The van der Waals surface area contributed by atoms with E-state index in [1.807, 2.05) is 0 Å². The lowest BCUT2D eigenvalue weighted by Crippen LogP contribution is -2.33. The van der Waals surface area contributed by atoms with Gasteiger partial charge in [0.2, 0.25) is 0 Å². The Balaban J connectivity index is 2.33. The number of carbonyl (C=O) groups excluding carboxylic acids is 2. The van der Waals surface area contributed by atoms with Crippen molar-refractivity contribution in [2.75, 3.05) is 12.5 Å². The molecule has 2 amide bonds. The molecule has 18 heavy (non-hydrogen) atoms. The number of amides is 2. The standard InChI is InChI=1S/C12H10N4O2/c1-13-12(18)9-5-8-10-6(11(17)16-15-8)3-2-4-7(10)14-9/h2-5,15H,1H3,(H,13,18)(H,16,17). The van der Waals surface area contributed by atoms with Gasteiger partial charge in [-0.1, -0.05) is 6.07 Å². The third-order valence-corrected chi connectivity index (χ3v) is 2.85. The minimum absolute atomic E-state index is 0.206. The van der Waals surface area contributed by atoms with Crippen LogP contribution in [0, 0.1) is 0 Å². The Hall–Kier alpha value is -2.63. The molecule has 90 valence electrons. The molecule has 1 aliphatic rings. The van der Waals surface area contributed by atoms with Crippen molar-refractivity contribution in [1.82, 2.24) is 15.7 Å². The van der Waals surface area contributed by atoms with Crippen LogP contribution < -0.4 is 16.2 Å². The molecular formula is C12H10N4O2. The normalized spacial score (nSPS) is 12.8. The topological polar surface area (TPSA) is 83.1 Å². The van der Waals surface area contributed by atoms with E-state index in [4.69, 9.17) is 0 Å². The number of carbonyl (C=O) groups is 2. The molecular weight excluding hydrogens is 232 g/mol. The van der Waals surface area contributed by atoms with Crippen LogP contribution in [0.2, 0.25) is 0 Å². The Labute approximate surface area is 102 Å². The number of nitrogens with zero attached hydrogens (tertiary/aromatic N) is 1. The summed E-state index contributed by atoms with van der Waals surface area (Å²) in [6.45, 7) is 0. The fourth-order valence-electron chi connectivity index (χ4n) is 2.01. The van der Waals surface area contributed by atoms with E-state index >= 15 is 0 Å². The summed E-state index contributed by atoms with van der Waals surface area (Å²) in [7, 11) is 1.55. The van der Waals surface area contributed by atoms with Crippen molar-refractivity contribution >= 4 is 28.4 Å². The van der Waals surface area contributed by atoms with Gasteiger partial charge in [0.15, 0.2) is 0 Å². The predicted molar refractivity (Wildman–Crippen MR) is 66.2 cm³/mol. The minimum Gasteiger partial charge on any atom is -0.354 e. The fraction of sp³-hybridized carbons (Fsp3) is 0.0833. The van der Waals surface area contributed by atoms with Gasteiger partial charge in [-0.2, -0.15) is 0 Å². The number of benzene rings is 1. The van der Waals surface area contributed by atoms with E-state index in [0.717, 1.165) is 5.39 Å². The monoisotopic (exact) mass is 242 g/mol. The quantitative estimate of drug-likeness (QED) is 0.686. The fourth-order valence-corrected chi connectivity index (χ4v) is 2.01. The lowest BCUT2D eigenvalue weighted by atomic mass is 10.0. The van der Waals surface area contributed by atoms with Crippen LogP contribution in [0.15, 0.2) is 24.3 Å². The molecule has 3 N–H and O–H groups in total. The molecule has 2 aromatic rings. The molecule has 0 saturated carbocycles. The number of hydrazine groups is 1. The zero-order valence-electron chi connectivity index (χ0n) is 9.57. The second-order valence-electron chi connectivity index (χ2n) is 3.91. The van der Waals surface area contributed by atoms with Gasteiger partial charge >= 0.3 is 0 Å². The summed E-state index contributed by atoms with van der Waals surface area (Å²) in [4.78, 5) is 27.5. The van der Waals surface area contributed by atoms with E-state index in [1.165, 1.54) is 0 Å². The van der Waals surface area contributed by atoms with Crippen molar-refractivity contribution in [3.8, 4) is 0 Å². The maximum Gasteiger partial charge on any atom is 0.270 e. The van der Waals surface area contributed by atoms with E-state index in [9.17, 15) is 9.59 Å². The maximum absolute atomic E-state index is 11.7. The summed E-state index contributed by atoms with van der Waals surface area (Å²) in [5, 5.41) is 3.25. The zero-order valence-corrected chi connectivity index (χ0v) is 9.57. The molecule has 0 radical (unpaired) electrons. The van der Waals surface area contributed by atoms with Gasteiger partial charge in [-0.3, -0.25) is 20.4 Å². The molecule has 0 unspecified atom stereocenters. The van der Waals surface area contributed by atoms with Crippen LogP contribution in [0.4, 0.5) is 5.69 Å². The van der Waals surface area contributed by atoms with Crippen LogP contribution in [0.5, 0.6) is 0 Å². The average molecular weight is 242 g/mol. The smallest absolute Gasteiger partial charge is 0.270 e. The van der Waals surface area contributed by atoms with E-state index in [1.54, 1.807) is 31.3 Å². The molecule has 1 aliphatic heterocycles. The third kappa shape index (κ3) is 1.39. The molecule has 0 fully saturated rings. The highest BCUT2D eigenvalue weighted by atomic mass is 16.2. The van der Waals surface area contributed by atoms with Crippen LogP contribution in [0.3, 0.4) is 0 Å². The molecule has 3 rings (SSSR count). The minimum atomic E-state index is -0.266. The van der Waals surface area contributed by atoms with Crippen LogP contribution in [0.1, 0.15) is 20.8 Å². The number of pyridine rings is 1. The largest absolute Gasteiger partial charge is 0.354 e. The summed E-state index contributed by atoms with van der Waals surface area (Å²) in [5.74, 6) is -0.472. The molecule has 6 heteroatoms. The first kappa shape index (κ1) is 10.5. The van der Waals surface area contributed by atoms with E-state index in [-0.39, 0.29) is 11.8 Å². The summed E-state index contributed by atoms with van der Waals surface area (Å²) >= 11 is 0. The summed E-state index contributed by atoms with van der Waals surface area (Å²) in [6.07, 6.45) is 0. The number of rotatable bonds is 1. The molecule has 6 nitrogen and oxygen atoms in total. The van der Waals surface area contributed by atoms with Gasteiger partial charge in [0, 0.05) is 12.4 Å². The molecule has 1 aromatic heterocycles. The summed E-state index contributed by atoms with van der Waals surface area (Å²) in [5.41, 5.74) is 7.46. The molecule has 0 spiro atoms. The number of nitrogens with one attached hydrogen (secondary N) is 3. The van der Waals surface area contributed by atoms with Gasteiger partial charge in [0.1, 0.15) is 5.69 Å². The van der Waals surface area contributed by atoms with Crippen LogP contribution in [-0.2, 0) is 0 Å². The van der Waals surface area contributed by atoms with Crippen molar-refractivity contribution in [3.63, 3.8) is 0 Å². The SMILES string of the molecule is CNC(=O)c1cc2c3c(cccc3n1)C(=O)NN2. The van der Waals surface area contributed by atoms with Crippen LogP contribution in [0.25, 0.3) is 10.9 Å². The van der Waals surface area contributed by atoms with E-state index in [0.29, 0.717) is 22.5 Å². The number of hydrogen-bond donors (Lipinski definition) is 3. The Morgan fingerprint density at radius 1 is 1.33 bits per heavy atom. The summed E-state index contributed by atoms with van der Waals surface area (Å²) < 4.78 is 0. The third-order valence-electron chi connectivity index (χ3n) is 2.85. The number of anilines is 1. The molecule has 0 aliphatic carbocycles. The van der Waals surface area contributed by atoms with Gasteiger partial charge in [-0.15, -0.1) is 0 Å². The molecule has 2 heterocycles. The first-order valence-corrected chi connectivity index (χ1v) is 5.43. The first-order chi connectivity index (χ1) is 8.70. The Kier molecular flexibility index (Phi) is 2.16. The van der Waals surface area contributed by atoms with E-state index in [2.05, 4.69) is 21.2 Å². The van der Waals surface area contributed by atoms with Crippen LogP contribution >= 0.6 is 0 Å². The van der Waals surface area contributed by atoms with E-state index < -0.39 is 0 Å². The Morgan fingerprint density at radius 3 is 2.94 bits per heavy atom. The predicted octanol–water partition coefficient (Wildman–Crippen LogP) is 0.665. The van der Waals surface area contributed by atoms with Crippen molar-refractivity contribution in [2.24, 2.45) is 0 Å². The van der Waals surface area contributed by atoms with Gasteiger partial charge in [0.05, 0.1) is 16.8 Å². The Bertz CT molecular complexity index is 681. The van der Waals surface area contributed by atoms with Gasteiger partial charge in [0.25, 0.3) is 11.8 Å². The summed E-state index contributed by atoms with van der Waals surface area (Å²) in [6, 6.07) is 6.86. The van der Waals surface area contributed by atoms with Crippen LogP contribution in [-0.4, -0.2) is 23.8 Å². The average Bonchev–Trinajstić information content (AvgIpc) is 2.41. The van der Waals surface area contributed by atoms with Crippen molar-refractivity contribution < 1.29 is 9.59 Å². The highest BCUT2D eigenvalue weighted by Crippen LogP contribution is 2.28. The van der Waals surface area contributed by atoms with Gasteiger partial charge in [-0.25, -0.2) is 4.98 Å². The number of aromatic nitrogens is 1. The van der Waals surface area contributed by atoms with Crippen molar-refractivity contribution in [2.45, 2.75) is 0 Å². The second kappa shape index (κ2) is 3.69. The zero-order chi connectivity index (χ0) is 12.7. The Morgan fingerprint density at radius 2 is 2.17 bits per heavy atom. The van der Waals surface area contributed by atoms with Crippen molar-refractivity contribution in [3.05, 3.63) is 35.5 Å². The molecule has 0 bridgehead atoms. The molecule has 0 saturated heterocycles. The lowest BCUT2D eigenvalue weighted by molar-refractivity contribution is 0.0954. The first-order valence-electron chi connectivity index (χ1n) is 5.43. The highest BCUT2D eigenvalue weighted by molar-refractivity contribution is 6.14.